The smallest absolute Gasteiger partial charge is 0.123 e. The third kappa shape index (κ3) is 3.92. The number of nitrogens with one attached hydrogen (secondary N) is 1. The number of rotatable bonds is 5. The summed E-state index contributed by atoms with van der Waals surface area (Å²) in [7, 11) is 0. The molecule has 3 nitrogen and oxygen atoms in total. The van der Waals surface area contributed by atoms with Crippen LogP contribution in [0.25, 0.3) is 0 Å². The molecule has 0 aliphatic carbocycles. The van der Waals surface area contributed by atoms with Crippen LogP contribution in [0.1, 0.15) is 26.3 Å². The van der Waals surface area contributed by atoms with E-state index in [2.05, 4.69) is 30.4 Å². The van der Waals surface area contributed by atoms with Crippen LogP contribution in [0.15, 0.2) is 42.5 Å². The van der Waals surface area contributed by atoms with Crippen LogP contribution in [0.5, 0.6) is 5.75 Å². The number of hydrogen-bond acceptors (Lipinski definition) is 3. The van der Waals surface area contributed by atoms with Crippen molar-refractivity contribution >= 4 is 17.1 Å². The van der Waals surface area contributed by atoms with Crippen molar-refractivity contribution in [1.82, 2.24) is 0 Å². The predicted octanol–water partition coefficient (Wildman–Crippen LogP) is 4.36. The van der Waals surface area contributed by atoms with Crippen LogP contribution >= 0.6 is 0 Å². The maximum atomic E-state index is 5.92. The minimum Gasteiger partial charge on any atom is -0.491 e. The van der Waals surface area contributed by atoms with E-state index >= 15 is 0 Å². The molecule has 2 aromatic carbocycles. The van der Waals surface area contributed by atoms with Gasteiger partial charge in [-0.15, -0.1) is 0 Å². The highest BCUT2D eigenvalue weighted by Gasteiger charge is 2.03. The van der Waals surface area contributed by atoms with Gasteiger partial charge in [0.1, 0.15) is 5.75 Å². The molecule has 0 bridgehead atoms. The number of nitrogens with two attached hydrogens (primary N) is 1. The second-order valence-electron chi connectivity index (χ2n) is 5.14. The Labute approximate surface area is 120 Å². The first-order valence-corrected chi connectivity index (χ1v) is 7.00. The molecule has 0 heterocycles. The summed E-state index contributed by atoms with van der Waals surface area (Å²) in [5.41, 5.74) is 9.92. The molecule has 2 aromatic rings. The largest absolute Gasteiger partial charge is 0.491 e. The Kier molecular flexibility index (Phi) is 4.51. The lowest BCUT2D eigenvalue weighted by Crippen LogP contribution is -2.06. The van der Waals surface area contributed by atoms with Crippen LogP contribution < -0.4 is 15.8 Å². The molecule has 0 radical (unpaired) electrons. The normalized spacial score (nSPS) is 10.6. The maximum absolute atomic E-state index is 5.92. The monoisotopic (exact) mass is 270 g/mol. The van der Waals surface area contributed by atoms with Crippen molar-refractivity contribution in [3.63, 3.8) is 0 Å². The van der Waals surface area contributed by atoms with Crippen LogP contribution in [0.3, 0.4) is 0 Å². The minimum atomic E-state index is 0.132. The van der Waals surface area contributed by atoms with Gasteiger partial charge in [0.15, 0.2) is 0 Å². The molecule has 0 aliphatic rings. The van der Waals surface area contributed by atoms with Gasteiger partial charge in [0.25, 0.3) is 0 Å². The summed E-state index contributed by atoms with van der Waals surface area (Å²) < 4.78 is 5.70. The predicted molar refractivity (Wildman–Crippen MR) is 85.7 cm³/mol. The van der Waals surface area contributed by atoms with Crippen molar-refractivity contribution < 1.29 is 4.74 Å². The van der Waals surface area contributed by atoms with Gasteiger partial charge < -0.3 is 15.8 Å². The summed E-state index contributed by atoms with van der Waals surface area (Å²) in [5, 5.41) is 3.37. The van der Waals surface area contributed by atoms with E-state index in [1.54, 1.807) is 0 Å². The zero-order valence-electron chi connectivity index (χ0n) is 12.3. The van der Waals surface area contributed by atoms with Gasteiger partial charge in [0.2, 0.25) is 0 Å². The topological polar surface area (TPSA) is 47.3 Å². The lowest BCUT2D eigenvalue weighted by Gasteiger charge is -2.13. The van der Waals surface area contributed by atoms with Gasteiger partial charge in [-0.1, -0.05) is 19.1 Å². The van der Waals surface area contributed by atoms with Crippen LogP contribution in [-0.4, -0.2) is 6.10 Å². The molecule has 106 valence electrons. The summed E-state index contributed by atoms with van der Waals surface area (Å²) in [5.74, 6) is 0.786. The zero-order chi connectivity index (χ0) is 14.5. The first-order chi connectivity index (χ1) is 9.56. The Bertz CT molecular complexity index is 579. The second-order valence-corrected chi connectivity index (χ2v) is 5.14. The molecule has 3 heteroatoms. The Hall–Kier alpha value is -2.16. The summed E-state index contributed by atoms with van der Waals surface area (Å²) in [4.78, 5) is 0. The van der Waals surface area contributed by atoms with Gasteiger partial charge in [0.05, 0.1) is 6.10 Å². The number of hydrogen-bond donors (Lipinski definition) is 2. The first kappa shape index (κ1) is 14.3. The van der Waals surface area contributed by atoms with Crippen LogP contribution in [-0.2, 0) is 6.42 Å². The third-order valence-electron chi connectivity index (χ3n) is 2.92. The lowest BCUT2D eigenvalue weighted by atomic mass is 10.1. The highest BCUT2D eigenvalue weighted by molar-refractivity contribution is 5.66. The number of nitrogen functional groups attached to an aromatic ring is 1. The molecule has 20 heavy (non-hydrogen) atoms. The highest BCUT2D eigenvalue weighted by Crippen LogP contribution is 2.26. The molecule has 0 amide bonds. The van der Waals surface area contributed by atoms with Gasteiger partial charge in [-0.2, -0.15) is 0 Å². The Morgan fingerprint density at radius 1 is 1.10 bits per heavy atom. The van der Waals surface area contributed by atoms with Gasteiger partial charge >= 0.3 is 0 Å². The Morgan fingerprint density at radius 3 is 2.60 bits per heavy atom. The van der Waals surface area contributed by atoms with Gasteiger partial charge in [-0.05, 0) is 44.0 Å². The molecular weight excluding hydrogens is 248 g/mol. The molecule has 2 rings (SSSR count). The summed E-state index contributed by atoms with van der Waals surface area (Å²) in [6.45, 7) is 6.15. The first-order valence-electron chi connectivity index (χ1n) is 7.00. The van der Waals surface area contributed by atoms with Crippen molar-refractivity contribution in [1.29, 1.82) is 0 Å². The average molecular weight is 270 g/mol. The molecular formula is C17H22N2O. The molecule has 0 spiro atoms. The van der Waals surface area contributed by atoms with Crippen LogP contribution in [0.2, 0.25) is 0 Å². The van der Waals surface area contributed by atoms with E-state index in [1.165, 1.54) is 5.56 Å². The van der Waals surface area contributed by atoms with Gasteiger partial charge in [-0.25, -0.2) is 0 Å². The van der Waals surface area contributed by atoms with E-state index in [1.807, 2.05) is 38.1 Å². The third-order valence-corrected chi connectivity index (χ3v) is 2.92. The number of benzene rings is 2. The molecule has 0 saturated carbocycles. The minimum absolute atomic E-state index is 0.132. The summed E-state index contributed by atoms with van der Waals surface area (Å²) in [6, 6.07) is 14.1. The van der Waals surface area contributed by atoms with Gasteiger partial charge in [-0.3, -0.25) is 0 Å². The lowest BCUT2D eigenvalue weighted by molar-refractivity contribution is 0.242. The number of aryl methyl sites for hydroxylation is 1. The molecule has 0 unspecified atom stereocenters. The van der Waals surface area contributed by atoms with Crippen molar-refractivity contribution in [3.05, 3.63) is 48.0 Å². The zero-order valence-corrected chi connectivity index (χ0v) is 12.3. The SMILES string of the molecule is CCc1cccc(Nc2cc(N)cc(OC(C)C)c2)c1. The van der Waals surface area contributed by atoms with E-state index in [-0.39, 0.29) is 6.10 Å². The van der Waals surface area contributed by atoms with Crippen LogP contribution in [0.4, 0.5) is 17.1 Å². The summed E-state index contributed by atoms with van der Waals surface area (Å²) >= 11 is 0. The van der Waals surface area contributed by atoms with E-state index in [4.69, 9.17) is 10.5 Å². The van der Waals surface area contributed by atoms with Crippen molar-refractivity contribution in [2.75, 3.05) is 11.1 Å². The van der Waals surface area contributed by atoms with E-state index < -0.39 is 0 Å². The Balaban J connectivity index is 2.21. The number of ether oxygens (including phenoxy) is 1. The summed E-state index contributed by atoms with van der Waals surface area (Å²) in [6.07, 6.45) is 1.15. The van der Waals surface area contributed by atoms with E-state index in [0.29, 0.717) is 5.69 Å². The fourth-order valence-corrected chi connectivity index (χ4v) is 2.07. The molecule has 3 N–H and O–H groups in total. The molecule has 0 aromatic heterocycles. The molecule has 0 atom stereocenters. The fraction of sp³-hybridized carbons (Fsp3) is 0.294. The maximum Gasteiger partial charge on any atom is 0.123 e. The Morgan fingerprint density at radius 2 is 1.90 bits per heavy atom. The van der Waals surface area contributed by atoms with E-state index in [0.717, 1.165) is 23.5 Å². The average Bonchev–Trinajstić information content (AvgIpc) is 2.37. The second kappa shape index (κ2) is 6.33. The quantitative estimate of drug-likeness (QED) is 0.793. The molecule has 0 fully saturated rings. The van der Waals surface area contributed by atoms with Crippen molar-refractivity contribution in [2.45, 2.75) is 33.3 Å². The van der Waals surface area contributed by atoms with Crippen molar-refractivity contribution in [2.24, 2.45) is 0 Å². The van der Waals surface area contributed by atoms with Crippen molar-refractivity contribution in [3.8, 4) is 5.75 Å². The van der Waals surface area contributed by atoms with Crippen LogP contribution in [0, 0.1) is 0 Å². The van der Waals surface area contributed by atoms with E-state index in [9.17, 15) is 0 Å². The number of anilines is 3. The standard InChI is InChI=1S/C17H22N2O/c1-4-13-6-5-7-15(8-13)19-16-9-14(18)10-17(11-16)20-12(2)3/h5-12,19H,4,18H2,1-3H3. The molecule has 0 saturated heterocycles. The van der Waals surface area contributed by atoms with Gasteiger partial charge in [0, 0.05) is 29.2 Å². The molecule has 0 aliphatic heterocycles. The fourth-order valence-electron chi connectivity index (χ4n) is 2.07. The highest BCUT2D eigenvalue weighted by atomic mass is 16.5.